The molecular weight excluding hydrogens is 502 g/mol. The van der Waals surface area contributed by atoms with Crippen molar-refractivity contribution in [3.63, 3.8) is 0 Å². The monoisotopic (exact) mass is 538 g/mol. The van der Waals surface area contributed by atoms with Gasteiger partial charge in [0, 0.05) is 44.3 Å². The number of aromatic nitrogens is 2. The van der Waals surface area contributed by atoms with Crippen molar-refractivity contribution >= 4 is 11.8 Å². The summed E-state index contributed by atoms with van der Waals surface area (Å²) in [5, 5.41) is 11.1. The maximum Gasteiger partial charge on any atom is 0.320 e. The summed E-state index contributed by atoms with van der Waals surface area (Å²) < 4.78 is 35.2. The minimum Gasteiger partial charge on any atom is -0.383 e. The van der Waals surface area contributed by atoms with Crippen LogP contribution in [0.15, 0.2) is 48.5 Å². The van der Waals surface area contributed by atoms with E-state index >= 15 is 0 Å². The Morgan fingerprint density at radius 1 is 1.13 bits per heavy atom. The molecule has 208 valence electrons. The minimum absolute atomic E-state index is 0.190. The lowest BCUT2D eigenvalue weighted by Gasteiger charge is -2.21. The molecule has 0 saturated carbocycles. The lowest BCUT2D eigenvalue weighted by Crippen LogP contribution is -2.42. The molecule has 2 saturated heterocycles. The fraction of sp³-hybridized carbons (Fsp3) is 0.448. The van der Waals surface area contributed by atoms with Crippen molar-refractivity contribution in [1.29, 1.82) is 0 Å². The van der Waals surface area contributed by atoms with Crippen molar-refractivity contribution in [3.8, 4) is 5.69 Å². The molecule has 0 radical (unpaired) electrons. The van der Waals surface area contributed by atoms with Crippen LogP contribution in [0.25, 0.3) is 5.69 Å². The number of carbonyl (C=O) groups excluding carboxylic acids is 1. The van der Waals surface area contributed by atoms with Gasteiger partial charge >= 0.3 is 6.03 Å². The van der Waals surface area contributed by atoms with Gasteiger partial charge in [0.2, 0.25) is 0 Å². The first kappa shape index (κ1) is 27.2. The standard InChI is InChI=1S/C29H36F2N6O2/c1-19-27(26-10-7-11-35(26)2)34-37(23-8-5-4-6-9-23)28(19)33-29(38)32-25-18-36(12-13-39-3)17-24(25)20-14-21(30)16-22(31)15-20/h4-6,8-9,14-16,24-26H,7,10-13,17-18H2,1-3H3,(H2,32,33,38). The van der Waals surface area contributed by atoms with Gasteiger partial charge in [0.25, 0.3) is 0 Å². The third-order valence-corrected chi connectivity index (χ3v) is 7.86. The smallest absolute Gasteiger partial charge is 0.320 e. The number of carbonyl (C=O) groups is 1. The largest absolute Gasteiger partial charge is 0.383 e. The number of hydrogen-bond donors (Lipinski definition) is 2. The topological polar surface area (TPSA) is 74.7 Å². The third-order valence-electron chi connectivity index (χ3n) is 7.86. The van der Waals surface area contributed by atoms with Gasteiger partial charge in [-0.15, -0.1) is 0 Å². The SMILES string of the molecule is COCCN1CC(NC(=O)Nc2c(C)c(C3CCCN3C)nn2-c2ccccc2)C(c2cc(F)cc(F)c2)C1. The number of para-hydroxylation sites is 1. The second-order valence-corrected chi connectivity index (χ2v) is 10.5. The summed E-state index contributed by atoms with van der Waals surface area (Å²) >= 11 is 0. The van der Waals surface area contributed by atoms with Crippen LogP contribution in [0.2, 0.25) is 0 Å². The Morgan fingerprint density at radius 2 is 1.87 bits per heavy atom. The Balaban J connectivity index is 1.41. The highest BCUT2D eigenvalue weighted by Gasteiger charge is 2.36. The van der Waals surface area contributed by atoms with Crippen LogP contribution in [0, 0.1) is 18.6 Å². The van der Waals surface area contributed by atoms with Crippen LogP contribution in [-0.2, 0) is 4.74 Å². The van der Waals surface area contributed by atoms with E-state index in [-0.39, 0.29) is 24.0 Å². The van der Waals surface area contributed by atoms with E-state index in [1.54, 1.807) is 11.8 Å². The molecule has 3 heterocycles. The van der Waals surface area contributed by atoms with Gasteiger partial charge in [0.1, 0.15) is 17.5 Å². The number of urea groups is 1. The molecule has 3 unspecified atom stereocenters. The van der Waals surface area contributed by atoms with Crippen LogP contribution in [-0.4, -0.2) is 78.6 Å². The summed E-state index contributed by atoms with van der Waals surface area (Å²) in [6.45, 7) is 5.27. The van der Waals surface area contributed by atoms with Crippen molar-refractivity contribution < 1.29 is 18.3 Å². The molecule has 2 amide bonds. The number of benzene rings is 2. The highest BCUT2D eigenvalue weighted by atomic mass is 19.1. The van der Waals surface area contributed by atoms with Crippen molar-refractivity contribution in [3.05, 3.63) is 77.0 Å². The third kappa shape index (κ3) is 5.98. The Hall–Kier alpha value is -3.34. The zero-order chi connectivity index (χ0) is 27.5. The molecule has 1 aromatic heterocycles. The maximum atomic E-state index is 14.1. The number of amides is 2. The molecule has 2 aliphatic rings. The number of halogens is 2. The summed E-state index contributed by atoms with van der Waals surface area (Å²) in [6.07, 6.45) is 2.12. The van der Waals surface area contributed by atoms with Crippen molar-refractivity contribution in [2.45, 2.75) is 37.8 Å². The molecule has 8 nitrogen and oxygen atoms in total. The van der Waals surface area contributed by atoms with Gasteiger partial charge in [-0.1, -0.05) is 18.2 Å². The van der Waals surface area contributed by atoms with E-state index in [1.807, 2.05) is 37.3 Å². The predicted octanol–water partition coefficient (Wildman–Crippen LogP) is 4.46. The highest BCUT2D eigenvalue weighted by Crippen LogP contribution is 2.35. The lowest BCUT2D eigenvalue weighted by atomic mass is 9.94. The molecular formula is C29H36F2N6O2. The van der Waals surface area contributed by atoms with E-state index in [9.17, 15) is 13.6 Å². The Kier molecular flexibility index (Phi) is 8.25. The summed E-state index contributed by atoms with van der Waals surface area (Å²) in [4.78, 5) is 17.9. The number of rotatable bonds is 8. The van der Waals surface area contributed by atoms with E-state index in [0.29, 0.717) is 37.6 Å². The van der Waals surface area contributed by atoms with Gasteiger partial charge in [-0.3, -0.25) is 15.1 Å². The van der Waals surface area contributed by atoms with E-state index in [2.05, 4.69) is 27.5 Å². The second kappa shape index (κ2) is 11.8. The zero-order valence-corrected chi connectivity index (χ0v) is 22.7. The molecule has 10 heteroatoms. The summed E-state index contributed by atoms with van der Waals surface area (Å²) in [6, 6.07) is 12.7. The predicted molar refractivity (Wildman–Crippen MR) is 146 cm³/mol. The average Bonchev–Trinajstić information content (AvgIpc) is 3.60. The first-order valence-electron chi connectivity index (χ1n) is 13.4. The summed E-state index contributed by atoms with van der Waals surface area (Å²) in [5.74, 6) is -0.928. The van der Waals surface area contributed by atoms with Gasteiger partial charge in [-0.05, 0) is 63.2 Å². The molecule has 39 heavy (non-hydrogen) atoms. The molecule has 2 aromatic carbocycles. The first-order valence-corrected chi connectivity index (χ1v) is 13.4. The first-order chi connectivity index (χ1) is 18.8. The maximum absolute atomic E-state index is 14.1. The Labute approximate surface area is 227 Å². The molecule has 2 fully saturated rings. The van der Waals surface area contributed by atoms with Crippen LogP contribution in [0.3, 0.4) is 0 Å². The number of anilines is 1. The number of ether oxygens (including phenoxy) is 1. The number of nitrogens with zero attached hydrogens (tertiary/aromatic N) is 4. The van der Waals surface area contributed by atoms with E-state index in [4.69, 9.17) is 9.84 Å². The number of likely N-dealkylation sites (tertiary alicyclic amines) is 2. The molecule has 3 atom stereocenters. The van der Waals surface area contributed by atoms with Gasteiger partial charge in [-0.2, -0.15) is 5.10 Å². The quantitative estimate of drug-likeness (QED) is 0.443. The zero-order valence-electron chi connectivity index (χ0n) is 22.7. The lowest BCUT2D eigenvalue weighted by molar-refractivity contribution is 0.159. The number of nitrogens with one attached hydrogen (secondary N) is 2. The molecule has 3 aromatic rings. The van der Waals surface area contributed by atoms with Crippen LogP contribution in [0.5, 0.6) is 0 Å². The number of hydrogen-bond acceptors (Lipinski definition) is 5. The van der Waals surface area contributed by atoms with E-state index < -0.39 is 11.6 Å². The molecule has 2 aliphatic heterocycles. The van der Waals surface area contributed by atoms with Crippen LogP contribution < -0.4 is 10.6 Å². The van der Waals surface area contributed by atoms with E-state index in [0.717, 1.165) is 42.4 Å². The average molecular weight is 539 g/mol. The van der Waals surface area contributed by atoms with Crippen LogP contribution in [0.1, 0.15) is 41.6 Å². The molecule has 5 rings (SSSR count). The molecule has 0 bridgehead atoms. The van der Waals surface area contributed by atoms with Gasteiger partial charge in [0.15, 0.2) is 0 Å². The van der Waals surface area contributed by atoms with Gasteiger partial charge < -0.3 is 10.1 Å². The fourth-order valence-electron chi connectivity index (χ4n) is 5.86. The second-order valence-electron chi connectivity index (χ2n) is 10.5. The molecule has 0 spiro atoms. The fourth-order valence-corrected chi connectivity index (χ4v) is 5.86. The van der Waals surface area contributed by atoms with Gasteiger partial charge in [0.05, 0.1) is 30.1 Å². The molecule has 0 aliphatic carbocycles. The van der Waals surface area contributed by atoms with Gasteiger partial charge in [-0.25, -0.2) is 18.3 Å². The van der Waals surface area contributed by atoms with Crippen molar-refractivity contribution in [2.75, 3.05) is 52.3 Å². The van der Waals surface area contributed by atoms with Crippen LogP contribution in [0.4, 0.5) is 19.4 Å². The normalized spacial score (nSPS) is 21.9. The van der Waals surface area contributed by atoms with E-state index in [1.165, 1.54) is 12.1 Å². The minimum atomic E-state index is -0.629. The van der Waals surface area contributed by atoms with Crippen molar-refractivity contribution in [2.24, 2.45) is 0 Å². The Bertz CT molecular complexity index is 1280. The van der Waals surface area contributed by atoms with Crippen LogP contribution >= 0.6 is 0 Å². The number of methoxy groups -OCH3 is 1. The Morgan fingerprint density at radius 3 is 2.54 bits per heavy atom. The molecule has 2 N–H and O–H groups in total. The summed E-state index contributed by atoms with van der Waals surface area (Å²) in [5.41, 5.74) is 3.25. The summed E-state index contributed by atoms with van der Waals surface area (Å²) in [7, 11) is 3.73. The highest BCUT2D eigenvalue weighted by molar-refractivity contribution is 5.90. The van der Waals surface area contributed by atoms with Crippen molar-refractivity contribution in [1.82, 2.24) is 24.9 Å².